The van der Waals surface area contributed by atoms with Gasteiger partial charge in [0.2, 0.25) is 0 Å². The van der Waals surface area contributed by atoms with E-state index in [1.807, 2.05) is 95.9 Å². The van der Waals surface area contributed by atoms with Crippen molar-refractivity contribution in [3.8, 4) is 0 Å². The van der Waals surface area contributed by atoms with E-state index in [1.165, 1.54) is 24.3 Å². The third-order valence-electron chi connectivity index (χ3n) is 10.1. The standard InChI is InChI=1S/2C15H16F2NO.2C5H5.Ti/c2*1-11-3-6-14(7-8-19-2)18(11)10-12-4-5-13(16)9-15(12)17;2*1-2-4-5-3-1;/h2*3-6H,7-8,10H2,1-2H3;2*1-5H;. The van der Waals surface area contributed by atoms with Crippen LogP contribution in [0, 0.1) is 37.1 Å². The second-order valence-corrected chi connectivity index (χ2v) is 19.2. The van der Waals surface area contributed by atoms with Crippen LogP contribution in [-0.2, 0) is 52.0 Å². The molecule has 49 heavy (non-hydrogen) atoms. The van der Waals surface area contributed by atoms with Crippen LogP contribution in [-0.4, -0.2) is 36.6 Å². The van der Waals surface area contributed by atoms with Crippen LogP contribution in [0.5, 0.6) is 0 Å². The molecule has 0 saturated heterocycles. The van der Waals surface area contributed by atoms with Crippen molar-refractivity contribution in [3.63, 3.8) is 0 Å². The number of halogens is 4. The summed E-state index contributed by atoms with van der Waals surface area (Å²) in [7, 11) is 3.26. The summed E-state index contributed by atoms with van der Waals surface area (Å²) >= 11 is -4.93. The first-order chi connectivity index (χ1) is 23.7. The maximum atomic E-state index is 17.4. The number of nitrogens with zero attached hydrogens (tertiary/aromatic N) is 2. The Hall–Kier alpha value is -3.69. The molecule has 0 fully saturated rings. The first-order valence-corrected chi connectivity index (χ1v) is 20.0. The van der Waals surface area contributed by atoms with E-state index in [0.717, 1.165) is 22.8 Å². The molecule has 256 valence electrons. The van der Waals surface area contributed by atoms with E-state index < -0.39 is 48.3 Å². The van der Waals surface area contributed by atoms with Crippen molar-refractivity contribution in [1.82, 2.24) is 9.13 Å². The van der Waals surface area contributed by atoms with Gasteiger partial charge in [-0.1, -0.05) is 0 Å². The molecule has 2 aromatic carbocycles. The van der Waals surface area contributed by atoms with Gasteiger partial charge in [0.25, 0.3) is 0 Å². The molecule has 2 heterocycles. The minimum absolute atomic E-state index is 0.143. The maximum absolute atomic E-state index is 17.4. The van der Waals surface area contributed by atoms with E-state index in [9.17, 15) is 0 Å². The van der Waals surface area contributed by atoms with Crippen LogP contribution >= 0.6 is 0 Å². The van der Waals surface area contributed by atoms with Crippen LogP contribution in [0.15, 0.2) is 97.1 Å². The molecule has 2 aliphatic carbocycles. The van der Waals surface area contributed by atoms with Crippen molar-refractivity contribution in [2.45, 2.75) is 48.2 Å². The quantitative estimate of drug-likeness (QED) is 0.0987. The molecule has 0 aliphatic heterocycles. The van der Waals surface area contributed by atoms with Crippen LogP contribution in [0.4, 0.5) is 17.6 Å². The molecule has 2 aliphatic rings. The van der Waals surface area contributed by atoms with Crippen molar-refractivity contribution >= 4 is 7.74 Å². The van der Waals surface area contributed by atoms with E-state index >= 15 is 17.6 Å². The molecule has 0 spiro atoms. The molecule has 4 nitrogen and oxygen atoms in total. The summed E-state index contributed by atoms with van der Waals surface area (Å²) in [5.41, 5.74) is 4.28. The number of rotatable bonds is 14. The predicted molar refractivity (Wildman–Crippen MR) is 184 cm³/mol. The Labute approximate surface area is 289 Å². The Balaban J connectivity index is 1.58. The number of hydrogen-bond donors (Lipinski definition) is 0. The summed E-state index contributed by atoms with van der Waals surface area (Å²) in [5, 5.41) is 0. The second kappa shape index (κ2) is 15.1. The Morgan fingerprint density at radius 2 is 0.959 bits per heavy atom. The molecule has 0 saturated carbocycles. The molecule has 0 amide bonds. The Bertz CT molecular complexity index is 1790. The summed E-state index contributed by atoms with van der Waals surface area (Å²) < 4.78 is 81.2. The van der Waals surface area contributed by atoms with Crippen molar-refractivity contribution in [2.24, 2.45) is 0 Å². The molecule has 0 bridgehead atoms. The fraction of sp³-hybridized carbons (Fsp3) is 0.300. The first-order valence-electron chi connectivity index (χ1n) is 16.6. The van der Waals surface area contributed by atoms with Gasteiger partial charge in [0.1, 0.15) is 0 Å². The number of hydrogen-bond acceptors (Lipinski definition) is 2. The molecule has 9 heteroatoms. The molecule has 0 radical (unpaired) electrons. The van der Waals surface area contributed by atoms with Crippen molar-refractivity contribution < 1.29 is 43.6 Å². The number of aryl methyl sites for hydroxylation is 2. The minimum atomic E-state index is -4.93. The molecule has 4 aromatic rings. The van der Waals surface area contributed by atoms with Gasteiger partial charge in [0.15, 0.2) is 0 Å². The number of aromatic nitrogens is 2. The zero-order valence-corrected chi connectivity index (χ0v) is 29.9. The average Bonchev–Trinajstić information content (AvgIpc) is 3.92. The van der Waals surface area contributed by atoms with Gasteiger partial charge in [-0.25, -0.2) is 0 Å². The fourth-order valence-electron chi connectivity index (χ4n) is 7.57. The molecule has 2 aromatic heterocycles. The normalized spacial score (nSPS) is 14.7. The summed E-state index contributed by atoms with van der Waals surface area (Å²) in [4.78, 5) is 0. The van der Waals surface area contributed by atoms with Crippen LogP contribution in [0.25, 0.3) is 0 Å². The molecular formula is C40H42F4N2O2Ti. The van der Waals surface area contributed by atoms with Gasteiger partial charge in [-0.05, 0) is 0 Å². The topological polar surface area (TPSA) is 28.3 Å². The second-order valence-electron chi connectivity index (χ2n) is 12.8. The average molecular weight is 707 g/mol. The van der Waals surface area contributed by atoms with E-state index in [0.29, 0.717) is 26.1 Å². The zero-order valence-electron chi connectivity index (χ0n) is 28.4. The van der Waals surface area contributed by atoms with Gasteiger partial charge in [0.05, 0.1) is 0 Å². The monoisotopic (exact) mass is 706 g/mol. The van der Waals surface area contributed by atoms with E-state index in [-0.39, 0.29) is 32.0 Å². The Morgan fingerprint density at radius 1 is 0.571 bits per heavy atom. The molecule has 0 unspecified atom stereocenters. The number of ether oxygens (including phenoxy) is 2. The molecule has 0 N–H and O–H groups in total. The van der Waals surface area contributed by atoms with Crippen molar-refractivity contribution in [3.05, 3.63) is 154 Å². The Kier molecular flexibility index (Phi) is 10.8. The van der Waals surface area contributed by atoms with Crippen molar-refractivity contribution in [2.75, 3.05) is 27.4 Å². The summed E-state index contributed by atoms with van der Waals surface area (Å²) in [6.45, 7) is 5.14. The number of methoxy groups -OCH3 is 2. The van der Waals surface area contributed by atoms with Gasteiger partial charge < -0.3 is 0 Å². The third-order valence-corrected chi connectivity index (χ3v) is 18.6. The van der Waals surface area contributed by atoms with Crippen LogP contribution in [0.3, 0.4) is 0 Å². The number of allylic oxidation sites excluding steroid dienone is 8. The van der Waals surface area contributed by atoms with E-state index in [1.54, 1.807) is 14.2 Å². The van der Waals surface area contributed by atoms with E-state index in [2.05, 4.69) is 0 Å². The molecule has 0 atom stereocenters. The van der Waals surface area contributed by atoms with Gasteiger partial charge in [-0.15, -0.1) is 0 Å². The molecular weight excluding hydrogens is 664 g/mol. The summed E-state index contributed by atoms with van der Waals surface area (Å²) in [6, 6.07) is 13.3. The first kappa shape index (κ1) is 35.2. The fourth-order valence-corrected chi connectivity index (χ4v) is 16.5. The number of benzene rings is 2. The Morgan fingerprint density at radius 3 is 1.33 bits per heavy atom. The van der Waals surface area contributed by atoms with Crippen LogP contribution in [0.1, 0.15) is 33.9 Å². The van der Waals surface area contributed by atoms with Crippen LogP contribution < -0.4 is 7.74 Å². The van der Waals surface area contributed by atoms with Gasteiger partial charge >= 0.3 is 290 Å². The summed E-state index contributed by atoms with van der Waals surface area (Å²) in [6.07, 6.45) is 15.9. The SMILES string of the molecule is COCCc1ccc(C)n1Cc1ccc(F)[c]([Ti]([c]2c(F)ccc(Cn3c(C)ccc3CCOC)c2F)([CH]2C=CC=C2)[CH]2C=CC=C2)c1F. The summed E-state index contributed by atoms with van der Waals surface area (Å²) in [5.74, 6) is -3.03. The third kappa shape index (κ3) is 6.52. The zero-order chi connectivity index (χ0) is 34.7. The molecule has 6 rings (SSSR count). The van der Waals surface area contributed by atoms with Gasteiger partial charge in [0, 0.05) is 0 Å². The van der Waals surface area contributed by atoms with E-state index in [4.69, 9.17) is 9.47 Å². The predicted octanol–water partition coefficient (Wildman–Crippen LogP) is 7.87. The van der Waals surface area contributed by atoms with Crippen molar-refractivity contribution in [1.29, 1.82) is 0 Å². The van der Waals surface area contributed by atoms with Crippen LogP contribution in [0.2, 0.25) is 8.45 Å². The van der Waals surface area contributed by atoms with Gasteiger partial charge in [-0.3, -0.25) is 0 Å². The van der Waals surface area contributed by atoms with Gasteiger partial charge in [-0.2, -0.15) is 0 Å².